The minimum absolute atomic E-state index is 0.222. The summed E-state index contributed by atoms with van der Waals surface area (Å²) in [5, 5.41) is 3.12. The Morgan fingerprint density at radius 2 is 2.00 bits per heavy atom. The smallest absolute Gasteiger partial charge is 0.236 e. The van der Waals surface area contributed by atoms with E-state index in [1.54, 1.807) is 7.11 Å². The van der Waals surface area contributed by atoms with Crippen molar-refractivity contribution in [3.8, 4) is 0 Å². The fourth-order valence-corrected chi connectivity index (χ4v) is 3.64. The van der Waals surface area contributed by atoms with Gasteiger partial charge in [-0.2, -0.15) is 0 Å². The molecular formula is C13H22N2O3. The molecule has 0 aromatic heterocycles. The second-order valence-corrected chi connectivity index (χ2v) is 5.59. The number of nitrogens with one attached hydrogen (secondary N) is 1. The lowest BCUT2D eigenvalue weighted by molar-refractivity contribution is -0.130. The number of carbonyl (C=O) groups is 1. The lowest BCUT2D eigenvalue weighted by atomic mass is 9.82. The number of hydrogen-bond acceptors (Lipinski definition) is 4. The lowest BCUT2D eigenvalue weighted by Crippen LogP contribution is -2.39. The maximum atomic E-state index is 12.1. The van der Waals surface area contributed by atoms with Crippen LogP contribution in [-0.4, -0.2) is 62.9 Å². The Kier molecular flexibility index (Phi) is 3.54. The maximum Gasteiger partial charge on any atom is 0.236 e. The van der Waals surface area contributed by atoms with Crippen molar-refractivity contribution in [2.75, 3.05) is 39.9 Å². The highest BCUT2D eigenvalue weighted by Crippen LogP contribution is 2.47. The zero-order chi connectivity index (χ0) is 12.5. The third-order valence-corrected chi connectivity index (χ3v) is 4.56. The molecule has 3 fully saturated rings. The van der Waals surface area contributed by atoms with Gasteiger partial charge in [0.05, 0.1) is 25.4 Å². The van der Waals surface area contributed by atoms with E-state index in [-0.39, 0.29) is 5.91 Å². The van der Waals surface area contributed by atoms with Crippen molar-refractivity contribution in [3.05, 3.63) is 0 Å². The van der Waals surface area contributed by atoms with Crippen LogP contribution in [0.3, 0.4) is 0 Å². The van der Waals surface area contributed by atoms with Crippen LogP contribution in [0.4, 0.5) is 0 Å². The number of hydrogen-bond donors (Lipinski definition) is 1. The van der Waals surface area contributed by atoms with E-state index in [0.717, 1.165) is 19.6 Å². The van der Waals surface area contributed by atoms with E-state index in [0.29, 0.717) is 37.2 Å². The van der Waals surface area contributed by atoms with Crippen LogP contribution in [0.5, 0.6) is 0 Å². The Morgan fingerprint density at radius 3 is 2.61 bits per heavy atom. The Hall–Kier alpha value is -0.650. The van der Waals surface area contributed by atoms with Crippen LogP contribution in [0.2, 0.25) is 0 Å². The van der Waals surface area contributed by atoms with Crippen LogP contribution in [0.1, 0.15) is 12.8 Å². The van der Waals surface area contributed by atoms with Gasteiger partial charge in [-0.15, -0.1) is 0 Å². The highest BCUT2D eigenvalue weighted by molar-refractivity contribution is 5.78. The molecule has 3 aliphatic rings. The molecule has 4 atom stereocenters. The highest BCUT2D eigenvalue weighted by atomic mass is 16.5. The van der Waals surface area contributed by atoms with Crippen LogP contribution in [0.25, 0.3) is 0 Å². The van der Waals surface area contributed by atoms with Crippen LogP contribution in [0.15, 0.2) is 0 Å². The fourth-order valence-electron chi connectivity index (χ4n) is 3.64. The number of methoxy groups -OCH3 is 1. The van der Waals surface area contributed by atoms with E-state index in [1.165, 1.54) is 12.8 Å². The molecule has 1 amide bonds. The summed E-state index contributed by atoms with van der Waals surface area (Å²) in [7, 11) is 1.67. The molecule has 0 saturated carbocycles. The van der Waals surface area contributed by atoms with Gasteiger partial charge >= 0.3 is 0 Å². The first-order chi connectivity index (χ1) is 8.79. The predicted molar refractivity (Wildman–Crippen MR) is 66.2 cm³/mol. The molecule has 1 N–H and O–H groups in total. The van der Waals surface area contributed by atoms with Gasteiger partial charge in [-0.1, -0.05) is 0 Å². The minimum Gasteiger partial charge on any atom is -0.383 e. The molecular weight excluding hydrogens is 232 g/mol. The van der Waals surface area contributed by atoms with Crippen molar-refractivity contribution in [1.82, 2.24) is 10.2 Å². The summed E-state index contributed by atoms with van der Waals surface area (Å²) in [6, 6.07) is 0. The monoisotopic (exact) mass is 254 g/mol. The van der Waals surface area contributed by atoms with Crippen molar-refractivity contribution in [2.24, 2.45) is 11.8 Å². The van der Waals surface area contributed by atoms with E-state index in [2.05, 4.69) is 5.32 Å². The molecule has 0 radical (unpaired) electrons. The summed E-state index contributed by atoms with van der Waals surface area (Å²) in [5.74, 6) is 1.43. The first kappa shape index (κ1) is 12.4. The molecule has 3 aliphatic heterocycles. The second-order valence-electron chi connectivity index (χ2n) is 5.59. The van der Waals surface area contributed by atoms with Gasteiger partial charge < -0.3 is 19.7 Å². The summed E-state index contributed by atoms with van der Waals surface area (Å²) in [4.78, 5) is 14.1. The zero-order valence-electron chi connectivity index (χ0n) is 10.9. The van der Waals surface area contributed by atoms with Crippen LogP contribution >= 0.6 is 0 Å². The summed E-state index contributed by atoms with van der Waals surface area (Å²) in [5.41, 5.74) is 0. The summed E-state index contributed by atoms with van der Waals surface area (Å²) < 4.78 is 10.9. The molecule has 4 unspecified atom stereocenters. The molecule has 3 rings (SSSR count). The van der Waals surface area contributed by atoms with Crippen LogP contribution < -0.4 is 5.32 Å². The van der Waals surface area contributed by atoms with Crippen molar-refractivity contribution in [1.29, 1.82) is 0 Å². The van der Waals surface area contributed by atoms with Gasteiger partial charge in [0.1, 0.15) is 0 Å². The standard InChI is InChI=1S/C13H22N2O3/c1-17-5-4-14-6-13(16)15-7-9-10(8-15)12-3-2-11(9)18-12/h9-12,14H,2-8H2,1H3. The van der Waals surface area contributed by atoms with Crippen molar-refractivity contribution in [3.63, 3.8) is 0 Å². The third kappa shape index (κ3) is 2.15. The average Bonchev–Trinajstić information content (AvgIpc) is 3.04. The van der Waals surface area contributed by atoms with E-state index in [4.69, 9.17) is 9.47 Å². The Labute approximate surface area is 108 Å². The average molecular weight is 254 g/mol. The first-order valence-corrected chi connectivity index (χ1v) is 6.92. The summed E-state index contributed by atoms with van der Waals surface area (Å²) >= 11 is 0. The van der Waals surface area contributed by atoms with Crippen LogP contribution in [-0.2, 0) is 14.3 Å². The second kappa shape index (κ2) is 5.15. The summed E-state index contributed by atoms with van der Waals surface area (Å²) in [6.07, 6.45) is 3.25. The third-order valence-electron chi connectivity index (χ3n) is 4.56. The molecule has 5 nitrogen and oxygen atoms in total. The number of carbonyl (C=O) groups excluding carboxylic acids is 1. The predicted octanol–water partition coefficient (Wildman–Crippen LogP) is -0.142. The van der Waals surface area contributed by atoms with Gasteiger partial charge in [-0.05, 0) is 12.8 Å². The van der Waals surface area contributed by atoms with Crippen LogP contribution in [0, 0.1) is 11.8 Å². The summed E-state index contributed by atoms with van der Waals surface area (Å²) in [6.45, 7) is 3.61. The van der Waals surface area contributed by atoms with Crippen molar-refractivity contribution in [2.45, 2.75) is 25.0 Å². The van der Waals surface area contributed by atoms with Gasteiger partial charge in [0.25, 0.3) is 0 Å². The number of nitrogens with zero attached hydrogens (tertiary/aromatic N) is 1. The van der Waals surface area contributed by atoms with Gasteiger partial charge in [0, 0.05) is 38.6 Å². The highest BCUT2D eigenvalue weighted by Gasteiger charge is 2.53. The van der Waals surface area contributed by atoms with Gasteiger partial charge in [-0.25, -0.2) is 0 Å². The van der Waals surface area contributed by atoms with E-state index < -0.39 is 0 Å². The Bertz CT molecular complexity index is 305. The van der Waals surface area contributed by atoms with Gasteiger partial charge in [0.2, 0.25) is 5.91 Å². The molecule has 3 heterocycles. The van der Waals surface area contributed by atoms with E-state index >= 15 is 0 Å². The Morgan fingerprint density at radius 1 is 1.33 bits per heavy atom. The minimum atomic E-state index is 0.222. The number of amides is 1. The van der Waals surface area contributed by atoms with Gasteiger partial charge in [0.15, 0.2) is 0 Å². The largest absolute Gasteiger partial charge is 0.383 e. The molecule has 0 aromatic rings. The molecule has 2 bridgehead atoms. The maximum absolute atomic E-state index is 12.1. The lowest BCUT2D eigenvalue weighted by Gasteiger charge is -2.19. The number of likely N-dealkylation sites (tertiary alicyclic amines) is 1. The SMILES string of the molecule is COCCNCC(=O)N1CC2C3CCC(O3)C2C1. The first-order valence-electron chi connectivity index (χ1n) is 6.92. The molecule has 18 heavy (non-hydrogen) atoms. The van der Waals surface area contributed by atoms with Gasteiger partial charge in [-0.3, -0.25) is 4.79 Å². The molecule has 0 spiro atoms. The van der Waals surface area contributed by atoms with E-state index in [1.807, 2.05) is 4.90 Å². The number of rotatable bonds is 5. The zero-order valence-corrected chi connectivity index (χ0v) is 10.9. The normalized spacial score (nSPS) is 37.3. The topological polar surface area (TPSA) is 50.8 Å². The number of ether oxygens (including phenoxy) is 2. The van der Waals surface area contributed by atoms with E-state index in [9.17, 15) is 4.79 Å². The molecule has 102 valence electrons. The molecule has 0 aliphatic carbocycles. The fraction of sp³-hybridized carbons (Fsp3) is 0.923. The van der Waals surface area contributed by atoms with Crippen molar-refractivity contribution < 1.29 is 14.3 Å². The molecule has 3 saturated heterocycles. The Balaban J connectivity index is 1.46. The van der Waals surface area contributed by atoms with Crippen molar-refractivity contribution >= 4 is 5.91 Å². The number of fused-ring (bicyclic) bond motifs is 5. The quantitative estimate of drug-likeness (QED) is 0.694. The molecule has 0 aromatic carbocycles. The molecule has 5 heteroatoms.